The summed E-state index contributed by atoms with van der Waals surface area (Å²) in [6.45, 7) is 3.79. The van der Waals surface area contributed by atoms with E-state index < -0.39 is 11.8 Å². The van der Waals surface area contributed by atoms with Crippen LogP contribution in [0.5, 0.6) is 0 Å². The average Bonchev–Trinajstić information content (AvgIpc) is 3.13. The van der Waals surface area contributed by atoms with E-state index in [4.69, 9.17) is 23.8 Å². The smallest absolute Gasteiger partial charge is 0.270 e. The fourth-order valence-corrected chi connectivity index (χ4v) is 4.31. The minimum absolute atomic E-state index is 0.0730. The van der Waals surface area contributed by atoms with Gasteiger partial charge in [-0.25, -0.2) is 0 Å². The fraction of sp³-hybridized carbons (Fsp3) is 0.261. The summed E-state index contributed by atoms with van der Waals surface area (Å²) in [6.07, 6.45) is 3.52. The van der Waals surface area contributed by atoms with Gasteiger partial charge in [0.05, 0.1) is 5.69 Å². The maximum atomic E-state index is 13.2. The number of fused-ring (bicyclic) bond motifs is 1. The Bertz CT molecular complexity index is 1070. The van der Waals surface area contributed by atoms with Crippen LogP contribution in [0.4, 0.5) is 11.4 Å². The van der Waals surface area contributed by atoms with Gasteiger partial charge in [-0.1, -0.05) is 24.3 Å². The first-order valence-electron chi connectivity index (χ1n) is 9.90. The van der Waals surface area contributed by atoms with Crippen molar-refractivity contribution in [3.63, 3.8) is 0 Å². The number of nitrogens with zero attached hydrogens (tertiary/aromatic N) is 2. The molecule has 2 aliphatic rings. The third-order valence-corrected chi connectivity index (χ3v) is 5.98. The molecular weight excluding hydrogens is 418 g/mol. The molecule has 2 amide bonds. The molecule has 5 nitrogen and oxygen atoms in total. The van der Waals surface area contributed by atoms with Gasteiger partial charge in [0, 0.05) is 24.7 Å². The van der Waals surface area contributed by atoms with Gasteiger partial charge < -0.3 is 4.90 Å². The number of carbonyl (C=O) groups is 2. The fourth-order valence-electron chi connectivity index (χ4n) is 3.92. The third kappa shape index (κ3) is 3.85. The topological polar surface area (TPSA) is 52.7 Å². The highest BCUT2D eigenvalue weighted by Crippen LogP contribution is 2.30. The number of halogens is 1. The lowest BCUT2D eigenvalue weighted by Crippen LogP contribution is -2.54. The van der Waals surface area contributed by atoms with Gasteiger partial charge in [-0.15, -0.1) is 11.6 Å². The molecule has 1 N–H and O–H groups in total. The number of amides is 2. The van der Waals surface area contributed by atoms with E-state index in [2.05, 4.69) is 22.3 Å². The second-order valence-corrected chi connectivity index (χ2v) is 8.18. The Morgan fingerprint density at radius 2 is 1.97 bits per heavy atom. The summed E-state index contributed by atoms with van der Waals surface area (Å²) in [5.41, 5.74) is 4.88. The molecule has 30 heavy (non-hydrogen) atoms. The van der Waals surface area contributed by atoms with E-state index in [9.17, 15) is 9.59 Å². The number of benzene rings is 2. The molecule has 2 heterocycles. The van der Waals surface area contributed by atoms with Crippen LogP contribution in [0.2, 0.25) is 0 Å². The molecule has 0 aliphatic carbocycles. The highest BCUT2D eigenvalue weighted by atomic mass is 35.5. The minimum atomic E-state index is -0.473. The molecule has 154 valence electrons. The third-order valence-electron chi connectivity index (χ3n) is 5.43. The van der Waals surface area contributed by atoms with Gasteiger partial charge >= 0.3 is 0 Å². The predicted molar refractivity (Wildman–Crippen MR) is 125 cm³/mol. The summed E-state index contributed by atoms with van der Waals surface area (Å²) in [7, 11) is 0. The number of para-hydroxylation sites is 1. The molecule has 0 radical (unpaired) electrons. The Labute approximate surface area is 186 Å². The van der Waals surface area contributed by atoms with Crippen molar-refractivity contribution in [2.45, 2.75) is 19.8 Å². The Balaban J connectivity index is 1.65. The zero-order chi connectivity index (χ0) is 21.3. The molecule has 0 unspecified atom stereocenters. The number of hydrogen-bond donors (Lipinski definition) is 1. The van der Waals surface area contributed by atoms with Crippen molar-refractivity contribution in [2.24, 2.45) is 0 Å². The number of hydrogen-bond acceptors (Lipinski definition) is 4. The Morgan fingerprint density at radius 3 is 2.73 bits per heavy atom. The molecule has 0 aromatic heterocycles. The summed E-state index contributed by atoms with van der Waals surface area (Å²) in [5.74, 6) is -0.242. The first kappa shape index (κ1) is 20.6. The maximum Gasteiger partial charge on any atom is 0.270 e. The largest absolute Gasteiger partial charge is 0.371 e. The molecule has 0 spiro atoms. The molecule has 1 fully saturated rings. The van der Waals surface area contributed by atoms with Gasteiger partial charge in [0.15, 0.2) is 5.11 Å². The van der Waals surface area contributed by atoms with Crippen LogP contribution in [0.25, 0.3) is 6.08 Å². The second kappa shape index (κ2) is 8.58. The summed E-state index contributed by atoms with van der Waals surface area (Å²) in [6, 6.07) is 13.5. The van der Waals surface area contributed by atoms with Crippen LogP contribution < -0.4 is 15.1 Å². The van der Waals surface area contributed by atoms with E-state index in [0.29, 0.717) is 11.6 Å². The van der Waals surface area contributed by atoms with E-state index in [-0.39, 0.29) is 10.7 Å². The standard InChI is InChI=1S/C23H22ClN3O2S/c1-15-5-2-3-6-19(15)27-22(29)18(21(28)25-23(27)30)14-16-7-8-20-17(13-16)9-12-26(20)11-4-10-24/h2-3,5-8,13-14H,4,9-12H2,1H3,(H,25,28,30). The van der Waals surface area contributed by atoms with Crippen LogP contribution in [0.3, 0.4) is 0 Å². The SMILES string of the molecule is Cc1ccccc1N1C(=O)C(=Cc2ccc3c(c2)CCN3CCCCl)C(=O)NC1=S. The number of aryl methyl sites for hydroxylation is 1. The summed E-state index contributed by atoms with van der Waals surface area (Å²) >= 11 is 11.1. The highest BCUT2D eigenvalue weighted by molar-refractivity contribution is 7.80. The number of anilines is 2. The van der Waals surface area contributed by atoms with E-state index in [1.807, 2.05) is 37.3 Å². The second-order valence-electron chi connectivity index (χ2n) is 7.41. The summed E-state index contributed by atoms with van der Waals surface area (Å²) in [5, 5.41) is 2.74. The van der Waals surface area contributed by atoms with Crippen molar-refractivity contribution >= 4 is 58.2 Å². The first-order chi connectivity index (χ1) is 14.5. The lowest BCUT2D eigenvalue weighted by atomic mass is 10.0. The summed E-state index contributed by atoms with van der Waals surface area (Å²) < 4.78 is 0. The lowest BCUT2D eigenvalue weighted by molar-refractivity contribution is -0.122. The van der Waals surface area contributed by atoms with Crippen molar-refractivity contribution in [3.8, 4) is 0 Å². The van der Waals surface area contributed by atoms with E-state index in [1.165, 1.54) is 16.2 Å². The van der Waals surface area contributed by atoms with Gasteiger partial charge in [-0.2, -0.15) is 0 Å². The highest BCUT2D eigenvalue weighted by Gasteiger charge is 2.35. The number of carbonyl (C=O) groups excluding carboxylic acids is 2. The molecule has 4 rings (SSSR count). The summed E-state index contributed by atoms with van der Waals surface area (Å²) in [4.78, 5) is 29.5. The Morgan fingerprint density at radius 1 is 1.17 bits per heavy atom. The molecule has 2 aromatic carbocycles. The number of thiocarbonyl (C=S) groups is 1. The quantitative estimate of drug-likeness (QED) is 0.333. The zero-order valence-electron chi connectivity index (χ0n) is 16.7. The van der Waals surface area contributed by atoms with Crippen LogP contribution in [0.1, 0.15) is 23.1 Å². The van der Waals surface area contributed by atoms with Crippen LogP contribution >= 0.6 is 23.8 Å². The Kier molecular flexibility index (Phi) is 5.88. The van der Waals surface area contributed by atoms with Crippen LogP contribution in [-0.4, -0.2) is 35.9 Å². The van der Waals surface area contributed by atoms with Crippen molar-refractivity contribution in [2.75, 3.05) is 28.8 Å². The Hall–Kier alpha value is -2.70. The van der Waals surface area contributed by atoms with Gasteiger partial charge in [-0.3, -0.25) is 19.8 Å². The predicted octanol–water partition coefficient (Wildman–Crippen LogP) is 3.82. The van der Waals surface area contributed by atoms with Gasteiger partial charge in [0.1, 0.15) is 5.57 Å². The zero-order valence-corrected chi connectivity index (χ0v) is 18.2. The molecule has 2 aliphatic heterocycles. The first-order valence-corrected chi connectivity index (χ1v) is 10.8. The van der Waals surface area contributed by atoms with Gasteiger partial charge in [0.2, 0.25) is 0 Å². The van der Waals surface area contributed by atoms with Crippen LogP contribution in [0, 0.1) is 6.92 Å². The number of rotatable bonds is 5. The molecule has 0 saturated carbocycles. The minimum Gasteiger partial charge on any atom is -0.371 e. The molecule has 1 saturated heterocycles. The lowest BCUT2D eigenvalue weighted by Gasteiger charge is -2.30. The van der Waals surface area contributed by atoms with Crippen molar-refractivity contribution < 1.29 is 9.59 Å². The van der Waals surface area contributed by atoms with Crippen LogP contribution in [-0.2, 0) is 16.0 Å². The molecule has 0 bridgehead atoms. The van der Waals surface area contributed by atoms with Crippen molar-refractivity contribution in [1.29, 1.82) is 0 Å². The van der Waals surface area contributed by atoms with Crippen molar-refractivity contribution in [3.05, 3.63) is 64.7 Å². The maximum absolute atomic E-state index is 13.2. The molecule has 7 heteroatoms. The average molecular weight is 440 g/mol. The van der Waals surface area contributed by atoms with E-state index >= 15 is 0 Å². The molecule has 0 atom stereocenters. The van der Waals surface area contributed by atoms with Crippen molar-refractivity contribution in [1.82, 2.24) is 5.32 Å². The van der Waals surface area contributed by atoms with E-state index in [1.54, 1.807) is 6.08 Å². The monoisotopic (exact) mass is 439 g/mol. The number of nitrogens with one attached hydrogen (secondary N) is 1. The van der Waals surface area contributed by atoms with Gasteiger partial charge in [-0.05, 0) is 72.9 Å². The number of alkyl halides is 1. The van der Waals surface area contributed by atoms with Crippen LogP contribution in [0.15, 0.2) is 48.0 Å². The molecule has 2 aromatic rings. The van der Waals surface area contributed by atoms with Gasteiger partial charge in [0.25, 0.3) is 11.8 Å². The van der Waals surface area contributed by atoms with E-state index in [0.717, 1.165) is 37.1 Å². The normalized spacial score (nSPS) is 17.5. The molecular formula is C23H22ClN3O2S.